The molecule has 152 valence electrons. The van der Waals surface area contributed by atoms with Gasteiger partial charge < -0.3 is 9.80 Å². The van der Waals surface area contributed by atoms with Crippen molar-refractivity contribution in [3.05, 3.63) is 41.6 Å². The molecule has 0 radical (unpaired) electrons. The number of carbonyl (C=O) groups is 1. The molecule has 1 aromatic rings. The number of ketones is 1. The Kier molecular flexibility index (Phi) is 6.20. The number of hydrogen-bond acceptors (Lipinski definition) is 3. The Labute approximate surface area is 170 Å². The van der Waals surface area contributed by atoms with Gasteiger partial charge in [-0.15, -0.1) is 0 Å². The first kappa shape index (κ1) is 19.7. The van der Waals surface area contributed by atoms with Gasteiger partial charge in [-0.3, -0.25) is 4.79 Å². The molecule has 28 heavy (non-hydrogen) atoms. The molecule has 3 heteroatoms. The minimum atomic E-state index is 0.296. The van der Waals surface area contributed by atoms with Crippen LogP contribution in [0.3, 0.4) is 0 Å². The molecule has 0 aromatic heterocycles. The Balaban J connectivity index is 1.48. The van der Waals surface area contributed by atoms with Crippen LogP contribution in [-0.2, 0) is 11.2 Å². The van der Waals surface area contributed by atoms with Gasteiger partial charge in [0.05, 0.1) is 0 Å². The molecule has 1 aromatic carbocycles. The van der Waals surface area contributed by atoms with E-state index in [9.17, 15) is 4.79 Å². The fourth-order valence-electron chi connectivity index (χ4n) is 5.57. The van der Waals surface area contributed by atoms with Crippen molar-refractivity contribution in [2.24, 2.45) is 0 Å². The standard InChI is InChI=1S/C25H36N2O/c1-19-10-11-21-18-24(28)17-20(2)27(25(21)16-19)23-12-14-26(15-13-23)22-8-6-4-3-5-7-9-22/h10-11,16,22-23H,2-9,12-15,17-18H2,1H3. The Morgan fingerprint density at radius 3 is 2.29 bits per heavy atom. The number of anilines is 1. The van der Waals surface area contributed by atoms with E-state index in [0.29, 0.717) is 24.7 Å². The van der Waals surface area contributed by atoms with Crippen LogP contribution in [0.25, 0.3) is 0 Å². The van der Waals surface area contributed by atoms with Gasteiger partial charge in [0.1, 0.15) is 5.78 Å². The van der Waals surface area contributed by atoms with Crippen LogP contribution < -0.4 is 4.90 Å². The maximum atomic E-state index is 12.4. The molecule has 2 heterocycles. The molecule has 0 spiro atoms. The Hall–Kier alpha value is -1.61. The monoisotopic (exact) mass is 380 g/mol. The third kappa shape index (κ3) is 4.35. The van der Waals surface area contributed by atoms with Gasteiger partial charge in [-0.2, -0.15) is 0 Å². The first-order valence-corrected chi connectivity index (χ1v) is 11.4. The lowest BCUT2D eigenvalue weighted by Gasteiger charge is -2.43. The van der Waals surface area contributed by atoms with Gasteiger partial charge in [0.2, 0.25) is 0 Å². The summed E-state index contributed by atoms with van der Waals surface area (Å²) in [5.41, 5.74) is 4.67. The van der Waals surface area contributed by atoms with Crippen molar-refractivity contribution in [1.29, 1.82) is 0 Å². The predicted octanol–water partition coefficient (Wildman–Crippen LogP) is 5.41. The second-order valence-electron chi connectivity index (χ2n) is 9.23. The minimum Gasteiger partial charge on any atom is -0.342 e. The number of Topliss-reactive ketones (excluding diaryl/α,β-unsaturated/α-hetero) is 1. The number of carbonyl (C=O) groups excluding carboxylic acids is 1. The highest BCUT2D eigenvalue weighted by atomic mass is 16.1. The lowest BCUT2D eigenvalue weighted by Crippen LogP contribution is -2.48. The summed E-state index contributed by atoms with van der Waals surface area (Å²) in [7, 11) is 0. The van der Waals surface area contributed by atoms with Crippen LogP contribution in [0.1, 0.15) is 75.3 Å². The number of hydrogen-bond donors (Lipinski definition) is 0. The average molecular weight is 381 g/mol. The molecule has 0 bridgehead atoms. The second kappa shape index (κ2) is 8.82. The van der Waals surface area contributed by atoms with Crippen LogP contribution in [0, 0.1) is 6.92 Å². The van der Waals surface area contributed by atoms with Crippen LogP contribution in [0.15, 0.2) is 30.5 Å². The van der Waals surface area contributed by atoms with Crippen molar-refractivity contribution < 1.29 is 4.79 Å². The molecule has 1 saturated heterocycles. The van der Waals surface area contributed by atoms with Gasteiger partial charge in [0.15, 0.2) is 0 Å². The molecular formula is C25H36N2O. The van der Waals surface area contributed by atoms with Gasteiger partial charge in [-0.1, -0.05) is 50.8 Å². The molecule has 0 atom stereocenters. The zero-order valence-corrected chi connectivity index (χ0v) is 17.6. The van der Waals surface area contributed by atoms with E-state index in [2.05, 4.69) is 41.5 Å². The molecule has 0 N–H and O–H groups in total. The molecule has 3 nitrogen and oxygen atoms in total. The normalized spacial score (nSPS) is 23.8. The van der Waals surface area contributed by atoms with Gasteiger partial charge in [0.25, 0.3) is 0 Å². The highest BCUT2D eigenvalue weighted by molar-refractivity contribution is 5.88. The fourth-order valence-corrected chi connectivity index (χ4v) is 5.57. The van der Waals surface area contributed by atoms with E-state index < -0.39 is 0 Å². The summed E-state index contributed by atoms with van der Waals surface area (Å²) >= 11 is 0. The van der Waals surface area contributed by atoms with Crippen molar-refractivity contribution in [1.82, 2.24) is 4.90 Å². The summed E-state index contributed by atoms with van der Waals surface area (Å²) in [6.45, 7) is 8.85. The summed E-state index contributed by atoms with van der Waals surface area (Å²) in [5.74, 6) is 0.296. The van der Waals surface area contributed by atoms with Crippen LogP contribution in [-0.4, -0.2) is 35.9 Å². The summed E-state index contributed by atoms with van der Waals surface area (Å²) in [6, 6.07) is 7.82. The van der Waals surface area contributed by atoms with Crippen LogP contribution in [0.2, 0.25) is 0 Å². The maximum Gasteiger partial charge on any atom is 0.143 e. The summed E-state index contributed by atoms with van der Waals surface area (Å²) < 4.78 is 0. The molecular weight excluding hydrogens is 344 g/mol. The largest absolute Gasteiger partial charge is 0.342 e. The number of allylic oxidation sites excluding steroid dienone is 1. The zero-order valence-electron chi connectivity index (χ0n) is 17.6. The van der Waals surface area contributed by atoms with E-state index in [4.69, 9.17) is 0 Å². The highest BCUT2D eigenvalue weighted by Gasteiger charge is 2.32. The van der Waals surface area contributed by atoms with Gasteiger partial charge >= 0.3 is 0 Å². The first-order valence-electron chi connectivity index (χ1n) is 11.4. The van der Waals surface area contributed by atoms with Crippen molar-refractivity contribution >= 4 is 11.5 Å². The van der Waals surface area contributed by atoms with E-state index in [-0.39, 0.29) is 0 Å². The van der Waals surface area contributed by atoms with Crippen molar-refractivity contribution in [3.8, 4) is 0 Å². The van der Waals surface area contributed by atoms with Gasteiger partial charge in [-0.25, -0.2) is 0 Å². The fraction of sp³-hybridized carbons (Fsp3) is 0.640. The average Bonchev–Trinajstić information content (AvgIpc) is 2.76. The molecule has 0 amide bonds. The number of likely N-dealkylation sites (tertiary alicyclic amines) is 1. The van der Waals surface area contributed by atoms with Gasteiger partial charge in [-0.05, 0) is 49.8 Å². The number of aryl methyl sites for hydroxylation is 1. The summed E-state index contributed by atoms with van der Waals surface area (Å²) in [5, 5.41) is 0. The van der Waals surface area contributed by atoms with Crippen molar-refractivity contribution in [2.75, 3.05) is 18.0 Å². The quantitative estimate of drug-likeness (QED) is 0.685. The van der Waals surface area contributed by atoms with Crippen LogP contribution in [0.5, 0.6) is 0 Å². The number of piperidine rings is 1. The van der Waals surface area contributed by atoms with Crippen molar-refractivity contribution in [3.63, 3.8) is 0 Å². The molecule has 1 saturated carbocycles. The first-order chi connectivity index (χ1) is 13.6. The molecule has 2 fully saturated rings. The van der Waals surface area contributed by atoms with E-state index in [1.807, 2.05) is 0 Å². The third-order valence-corrected chi connectivity index (χ3v) is 7.09. The van der Waals surface area contributed by atoms with E-state index >= 15 is 0 Å². The molecule has 4 rings (SSSR count). The van der Waals surface area contributed by atoms with Crippen LogP contribution >= 0.6 is 0 Å². The number of benzene rings is 1. The number of nitrogens with zero attached hydrogens (tertiary/aromatic N) is 2. The lowest BCUT2D eigenvalue weighted by atomic mass is 9.92. The van der Waals surface area contributed by atoms with E-state index in [0.717, 1.165) is 11.7 Å². The maximum absolute atomic E-state index is 12.4. The highest BCUT2D eigenvalue weighted by Crippen LogP contribution is 2.36. The zero-order chi connectivity index (χ0) is 19.5. The van der Waals surface area contributed by atoms with Crippen LogP contribution in [0.4, 0.5) is 5.69 Å². The predicted molar refractivity (Wildman–Crippen MR) is 117 cm³/mol. The third-order valence-electron chi connectivity index (χ3n) is 7.09. The van der Waals surface area contributed by atoms with E-state index in [1.54, 1.807) is 0 Å². The number of fused-ring (bicyclic) bond motifs is 1. The lowest BCUT2D eigenvalue weighted by molar-refractivity contribution is -0.117. The molecule has 0 unspecified atom stereocenters. The Morgan fingerprint density at radius 2 is 1.57 bits per heavy atom. The summed E-state index contributed by atoms with van der Waals surface area (Å²) in [4.78, 5) is 17.6. The molecule has 1 aliphatic carbocycles. The Morgan fingerprint density at radius 1 is 0.893 bits per heavy atom. The topological polar surface area (TPSA) is 23.6 Å². The molecule has 2 aliphatic heterocycles. The molecule has 3 aliphatic rings. The second-order valence-corrected chi connectivity index (χ2v) is 9.23. The van der Waals surface area contributed by atoms with Gasteiger partial charge in [0, 0.05) is 49.4 Å². The smallest absolute Gasteiger partial charge is 0.143 e. The van der Waals surface area contributed by atoms with Crippen molar-refractivity contribution in [2.45, 2.75) is 89.6 Å². The SMILES string of the molecule is C=C1CC(=O)Cc2ccc(C)cc2N1C1CCN(C2CCCCCCC2)CC1. The Bertz CT molecular complexity index is 709. The van der Waals surface area contributed by atoms with E-state index in [1.165, 1.54) is 87.7 Å². The summed E-state index contributed by atoms with van der Waals surface area (Å²) in [6.07, 6.45) is 13.3. The number of rotatable bonds is 2. The minimum absolute atomic E-state index is 0.296.